The van der Waals surface area contributed by atoms with E-state index in [1.807, 2.05) is 20.8 Å². The molecule has 20 heavy (non-hydrogen) atoms. The van der Waals surface area contributed by atoms with Gasteiger partial charge < -0.3 is 15.4 Å². The molecular weight excluding hydrogens is 259 g/mol. The zero-order valence-electron chi connectivity index (χ0n) is 12.1. The Morgan fingerprint density at radius 1 is 1.45 bits per heavy atom. The number of carbonyl (C=O) groups excluding carboxylic acids is 1. The van der Waals surface area contributed by atoms with Crippen LogP contribution in [0.1, 0.15) is 44.4 Å². The summed E-state index contributed by atoms with van der Waals surface area (Å²) >= 11 is 0. The van der Waals surface area contributed by atoms with Crippen LogP contribution in [0.15, 0.2) is 18.2 Å². The minimum absolute atomic E-state index is 0.256. The summed E-state index contributed by atoms with van der Waals surface area (Å²) in [6, 6.07) is 4.28. The minimum atomic E-state index is -0.531. The predicted octanol–water partition coefficient (Wildman–Crippen LogP) is 2.97. The van der Waals surface area contributed by atoms with Crippen molar-refractivity contribution in [1.82, 2.24) is 4.90 Å². The average Bonchev–Trinajstić information content (AvgIpc) is 2.48. The summed E-state index contributed by atoms with van der Waals surface area (Å²) in [7, 11) is 0. The van der Waals surface area contributed by atoms with Crippen LogP contribution in [0, 0.1) is 5.82 Å². The Hall–Kier alpha value is -1.62. The molecule has 0 bridgehead atoms. The summed E-state index contributed by atoms with van der Waals surface area (Å²) in [5, 5.41) is 0. The molecule has 2 rings (SSSR count). The average molecular weight is 280 g/mol. The number of carbonyl (C=O) groups is 1. The van der Waals surface area contributed by atoms with E-state index in [1.54, 1.807) is 11.0 Å². The second-order valence-electron chi connectivity index (χ2n) is 6.14. The maximum Gasteiger partial charge on any atom is 0.410 e. The van der Waals surface area contributed by atoms with Crippen molar-refractivity contribution < 1.29 is 13.9 Å². The minimum Gasteiger partial charge on any atom is -0.444 e. The highest BCUT2D eigenvalue weighted by Crippen LogP contribution is 2.26. The van der Waals surface area contributed by atoms with Crippen molar-refractivity contribution >= 4 is 6.09 Å². The fraction of sp³-hybridized carbons (Fsp3) is 0.533. The molecule has 0 spiro atoms. The number of nitrogens with two attached hydrogens (primary N) is 1. The molecule has 0 saturated heterocycles. The summed E-state index contributed by atoms with van der Waals surface area (Å²) in [5.74, 6) is -0.301. The third-order valence-corrected chi connectivity index (χ3v) is 3.23. The normalized spacial score (nSPS) is 19.2. The van der Waals surface area contributed by atoms with Gasteiger partial charge in [-0.1, -0.05) is 6.07 Å². The SMILES string of the molecule is CC(C)(C)OC(=O)N1CCC(N)c2cc(F)ccc2C1. The largest absolute Gasteiger partial charge is 0.444 e. The van der Waals surface area contributed by atoms with Crippen LogP contribution in [-0.4, -0.2) is 23.1 Å². The maximum atomic E-state index is 13.3. The molecule has 2 N–H and O–H groups in total. The summed E-state index contributed by atoms with van der Waals surface area (Å²) in [6.45, 7) is 6.40. The standard InChI is InChI=1S/C15H21FN2O2/c1-15(2,3)20-14(19)18-7-6-13(17)12-8-11(16)5-4-10(12)9-18/h4-5,8,13H,6-7,9,17H2,1-3H3. The number of fused-ring (bicyclic) bond motifs is 1. The Bertz CT molecular complexity index is 511. The van der Waals surface area contributed by atoms with Gasteiger partial charge in [-0.2, -0.15) is 0 Å². The van der Waals surface area contributed by atoms with E-state index in [-0.39, 0.29) is 18.0 Å². The Labute approximate surface area is 118 Å². The van der Waals surface area contributed by atoms with Crippen LogP contribution in [0.5, 0.6) is 0 Å². The van der Waals surface area contributed by atoms with E-state index in [2.05, 4.69) is 0 Å². The maximum absolute atomic E-state index is 13.3. The van der Waals surface area contributed by atoms with Crippen molar-refractivity contribution in [3.63, 3.8) is 0 Å². The van der Waals surface area contributed by atoms with Crippen LogP contribution in [0.25, 0.3) is 0 Å². The number of nitrogens with zero attached hydrogens (tertiary/aromatic N) is 1. The molecule has 1 aliphatic rings. The zero-order chi connectivity index (χ0) is 14.9. The fourth-order valence-electron chi connectivity index (χ4n) is 2.27. The van der Waals surface area contributed by atoms with E-state index in [1.165, 1.54) is 12.1 Å². The highest BCUT2D eigenvalue weighted by molar-refractivity contribution is 5.68. The molecule has 0 radical (unpaired) electrons. The number of hydrogen-bond acceptors (Lipinski definition) is 3. The van der Waals surface area contributed by atoms with Crippen molar-refractivity contribution in [1.29, 1.82) is 0 Å². The topological polar surface area (TPSA) is 55.6 Å². The third kappa shape index (κ3) is 3.48. The van der Waals surface area contributed by atoms with Gasteiger partial charge in [0, 0.05) is 19.1 Å². The second-order valence-corrected chi connectivity index (χ2v) is 6.14. The molecule has 0 aromatic heterocycles. The number of rotatable bonds is 0. The second kappa shape index (κ2) is 5.40. The lowest BCUT2D eigenvalue weighted by Gasteiger charge is -2.26. The van der Waals surface area contributed by atoms with Gasteiger partial charge in [0.15, 0.2) is 0 Å². The Kier molecular flexibility index (Phi) is 3.99. The smallest absolute Gasteiger partial charge is 0.410 e. The summed E-state index contributed by atoms with van der Waals surface area (Å²) in [4.78, 5) is 13.8. The molecule has 0 aliphatic carbocycles. The summed E-state index contributed by atoms with van der Waals surface area (Å²) in [5.41, 5.74) is 7.18. The van der Waals surface area contributed by atoms with Crippen LogP contribution in [0.3, 0.4) is 0 Å². The lowest BCUT2D eigenvalue weighted by Crippen LogP contribution is -2.36. The Morgan fingerprint density at radius 2 is 2.15 bits per heavy atom. The molecule has 0 saturated carbocycles. The highest BCUT2D eigenvalue weighted by Gasteiger charge is 2.26. The van der Waals surface area contributed by atoms with E-state index in [4.69, 9.17) is 10.5 Å². The monoisotopic (exact) mass is 280 g/mol. The quantitative estimate of drug-likeness (QED) is 0.795. The number of halogens is 1. The van der Waals surface area contributed by atoms with Crippen LogP contribution in [-0.2, 0) is 11.3 Å². The Morgan fingerprint density at radius 3 is 2.80 bits per heavy atom. The van der Waals surface area contributed by atoms with Gasteiger partial charge in [0.05, 0.1) is 0 Å². The van der Waals surface area contributed by atoms with Gasteiger partial charge in [-0.05, 0) is 50.5 Å². The van der Waals surface area contributed by atoms with Gasteiger partial charge in [0.25, 0.3) is 0 Å². The molecule has 5 heteroatoms. The van der Waals surface area contributed by atoms with Gasteiger partial charge in [-0.3, -0.25) is 0 Å². The van der Waals surface area contributed by atoms with Gasteiger partial charge in [0.2, 0.25) is 0 Å². The molecule has 1 heterocycles. The van der Waals surface area contributed by atoms with Crippen molar-refractivity contribution in [2.75, 3.05) is 6.54 Å². The molecule has 0 fully saturated rings. The van der Waals surface area contributed by atoms with Gasteiger partial charge in [0.1, 0.15) is 11.4 Å². The molecular formula is C15H21FN2O2. The van der Waals surface area contributed by atoms with Gasteiger partial charge in [-0.15, -0.1) is 0 Å². The molecule has 4 nitrogen and oxygen atoms in total. The fourth-order valence-corrected chi connectivity index (χ4v) is 2.27. The van der Waals surface area contributed by atoms with E-state index in [0.29, 0.717) is 19.5 Å². The number of amides is 1. The lowest BCUT2D eigenvalue weighted by molar-refractivity contribution is 0.0235. The van der Waals surface area contributed by atoms with E-state index in [9.17, 15) is 9.18 Å². The van der Waals surface area contributed by atoms with Crippen molar-refractivity contribution in [2.45, 2.75) is 45.4 Å². The van der Waals surface area contributed by atoms with E-state index in [0.717, 1.165) is 11.1 Å². The summed E-state index contributed by atoms with van der Waals surface area (Å²) in [6.07, 6.45) is 0.234. The van der Waals surface area contributed by atoms with E-state index < -0.39 is 5.60 Å². The number of ether oxygens (including phenoxy) is 1. The van der Waals surface area contributed by atoms with Crippen LogP contribution < -0.4 is 5.73 Å². The molecule has 1 atom stereocenters. The predicted molar refractivity (Wildman–Crippen MR) is 74.6 cm³/mol. The summed E-state index contributed by atoms with van der Waals surface area (Å²) < 4.78 is 18.7. The first-order valence-corrected chi connectivity index (χ1v) is 6.78. The molecule has 110 valence electrons. The van der Waals surface area contributed by atoms with Crippen molar-refractivity contribution in [2.24, 2.45) is 5.73 Å². The van der Waals surface area contributed by atoms with Crippen molar-refractivity contribution in [3.8, 4) is 0 Å². The molecule has 1 amide bonds. The van der Waals surface area contributed by atoms with Gasteiger partial charge in [-0.25, -0.2) is 9.18 Å². The van der Waals surface area contributed by atoms with Crippen LogP contribution in [0.4, 0.5) is 9.18 Å². The number of hydrogen-bond donors (Lipinski definition) is 1. The molecule has 1 aromatic rings. The van der Waals surface area contributed by atoms with Gasteiger partial charge >= 0.3 is 6.09 Å². The van der Waals surface area contributed by atoms with E-state index >= 15 is 0 Å². The lowest BCUT2D eigenvalue weighted by atomic mass is 10.00. The van der Waals surface area contributed by atoms with Crippen LogP contribution >= 0.6 is 0 Å². The first-order valence-electron chi connectivity index (χ1n) is 6.78. The highest BCUT2D eigenvalue weighted by atomic mass is 19.1. The van der Waals surface area contributed by atoms with Crippen molar-refractivity contribution in [3.05, 3.63) is 35.1 Å². The molecule has 1 unspecified atom stereocenters. The molecule has 1 aromatic carbocycles. The number of benzene rings is 1. The first kappa shape index (κ1) is 14.8. The zero-order valence-corrected chi connectivity index (χ0v) is 12.1. The first-order chi connectivity index (χ1) is 9.26. The van der Waals surface area contributed by atoms with Crippen LogP contribution in [0.2, 0.25) is 0 Å². The molecule has 1 aliphatic heterocycles. The third-order valence-electron chi connectivity index (χ3n) is 3.23. The Balaban J connectivity index is 2.20.